The van der Waals surface area contributed by atoms with Crippen molar-refractivity contribution in [2.75, 3.05) is 0 Å². The van der Waals surface area contributed by atoms with Gasteiger partial charge in [0.2, 0.25) is 0 Å². The zero-order valence-corrected chi connectivity index (χ0v) is 15.0. The molecule has 0 saturated heterocycles. The summed E-state index contributed by atoms with van der Waals surface area (Å²) in [4.78, 5) is 0. The van der Waals surface area contributed by atoms with E-state index in [0.717, 1.165) is 15.6 Å². The van der Waals surface area contributed by atoms with Crippen LogP contribution in [0.5, 0.6) is 0 Å². The molecule has 1 aliphatic rings. The van der Waals surface area contributed by atoms with Gasteiger partial charge in [-0.1, -0.05) is 0 Å². The molecule has 0 nitrogen and oxygen atoms in total. The topological polar surface area (TPSA) is 0 Å². The van der Waals surface area contributed by atoms with Crippen LogP contribution in [0.2, 0.25) is 5.02 Å². The predicted octanol–water partition coefficient (Wildman–Crippen LogP) is 5.02. The Kier molecular flexibility index (Phi) is 5.23. The fourth-order valence-corrected chi connectivity index (χ4v) is 5.00. The summed E-state index contributed by atoms with van der Waals surface area (Å²) < 4.78 is 2.60. The summed E-state index contributed by atoms with van der Waals surface area (Å²) in [6.45, 7) is 0. The standard InChI is InChI=1S/C19H14Cl2Se/c20-16-12-10-14(11-13-16)18(21)19(15-6-4-5-7-15)22-17-8-2-1-3-9-17/h1-13,15H/b19-18+. The van der Waals surface area contributed by atoms with Gasteiger partial charge in [-0.15, -0.1) is 0 Å². The molecule has 0 amide bonds. The van der Waals surface area contributed by atoms with E-state index in [4.69, 9.17) is 23.2 Å². The molecular weight excluding hydrogens is 378 g/mol. The van der Waals surface area contributed by atoms with Crippen molar-refractivity contribution in [3.8, 4) is 0 Å². The van der Waals surface area contributed by atoms with E-state index in [9.17, 15) is 0 Å². The van der Waals surface area contributed by atoms with Gasteiger partial charge < -0.3 is 0 Å². The fraction of sp³-hybridized carbons (Fsp3) is 0.0526. The van der Waals surface area contributed by atoms with Crippen molar-refractivity contribution in [3.05, 3.63) is 94.0 Å². The quantitative estimate of drug-likeness (QED) is 0.642. The van der Waals surface area contributed by atoms with Gasteiger partial charge in [0.05, 0.1) is 0 Å². The van der Waals surface area contributed by atoms with Crippen molar-refractivity contribution < 1.29 is 0 Å². The van der Waals surface area contributed by atoms with Crippen LogP contribution in [0, 0.1) is 5.92 Å². The molecule has 0 N–H and O–H groups in total. The van der Waals surface area contributed by atoms with Crippen LogP contribution in [-0.2, 0) is 0 Å². The van der Waals surface area contributed by atoms with Crippen LogP contribution in [0.4, 0.5) is 0 Å². The molecule has 0 fully saturated rings. The Morgan fingerprint density at radius 2 is 1.50 bits per heavy atom. The van der Waals surface area contributed by atoms with Crippen LogP contribution in [0.1, 0.15) is 5.56 Å². The summed E-state index contributed by atoms with van der Waals surface area (Å²) in [6.07, 6.45) is 8.55. The van der Waals surface area contributed by atoms with Gasteiger partial charge in [0.25, 0.3) is 0 Å². The molecule has 0 spiro atoms. The molecule has 1 aliphatic carbocycles. The normalized spacial score (nSPS) is 15.2. The maximum atomic E-state index is 6.74. The molecule has 0 unspecified atom stereocenters. The first kappa shape index (κ1) is 15.6. The zero-order valence-electron chi connectivity index (χ0n) is 11.7. The summed E-state index contributed by atoms with van der Waals surface area (Å²) in [5.41, 5.74) is 1.02. The summed E-state index contributed by atoms with van der Waals surface area (Å²) in [5.74, 6) is 0.281. The van der Waals surface area contributed by atoms with Crippen molar-refractivity contribution in [1.29, 1.82) is 0 Å². The third-order valence-electron chi connectivity index (χ3n) is 3.34. The summed E-state index contributed by atoms with van der Waals surface area (Å²) in [6, 6.07) is 18.2. The molecule has 0 heterocycles. The van der Waals surface area contributed by atoms with E-state index < -0.39 is 0 Å². The number of halogens is 2. The molecule has 3 heteroatoms. The van der Waals surface area contributed by atoms with Gasteiger partial charge in [-0.2, -0.15) is 0 Å². The molecule has 0 bridgehead atoms. The maximum absolute atomic E-state index is 6.74. The fourth-order valence-electron chi connectivity index (χ4n) is 2.22. The number of hydrogen-bond donors (Lipinski definition) is 0. The molecule has 0 atom stereocenters. The Labute approximate surface area is 147 Å². The van der Waals surface area contributed by atoms with Gasteiger partial charge in [-0.3, -0.25) is 0 Å². The molecule has 0 radical (unpaired) electrons. The predicted molar refractivity (Wildman–Crippen MR) is 97.8 cm³/mol. The zero-order chi connectivity index (χ0) is 15.4. The Balaban J connectivity index is 2.00. The van der Waals surface area contributed by atoms with E-state index in [2.05, 4.69) is 48.6 Å². The Hall–Kier alpha value is -1.24. The molecule has 2 aromatic rings. The van der Waals surface area contributed by atoms with Crippen LogP contribution in [-0.4, -0.2) is 15.0 Å². The molecule has 3 rings (SSSR count). The van der Waals surface area contributed by atoms with Crippen LogP contribution in [0.3, 0.4) is 0 Å². The van der Waals surface area contributed by atoms with Crippen molar-refractivity contribution in [1.82, 2.24) is 0 Å². The summed E-state index contributed by atoms with van der Waals surface area (Å²) in [7, 11) is 0. The summed E-state index contributed by atoms with van der Waals surface area (Å²) in [5, 5.41) is 1.56. The van der Waals surface area contributed by atoms with Crippen molar-refractivity contribution in [3.63, 3.8) is 0 Å². The van der Waals surface area contributed by atoms with Crippen molar-refractivity contribution >= 4 is 47.7 Å². The van der Waals surface area contributed by atoms with Gasteiger partial charge in [0, 0.05) is 0 Å². The number of hydrogen-bond acceptors (Lipinski definition) is 0. The third kappa shape index (κ3) is 3.74. The molecule has 0 aromatic heterocycles. The van der Waals surface area contributed by atoms with Gasteiger partial charge in [0.15, 0.2) is 0 Å². The van der Waals surface area contributed by atoms with E-state index in [1.807, 2.05) is 30.3 Å². The van der Waals surface area contributed by atoms with Gasteiger partial charge in [0.1, 0.15) is 0 Å². The van der Waals surface area contributed by atoms with E-state index >= 15 is 0 Å². The van der Waals surface area contributed by atoms with E-state index in [1.54, 1.807) is 0 Å². The molecule has 22 heavy (non-hydrogen) atoms. The van der Waals surface area contributed by atoms with Crippen LogP contribution in [0.15, 0.2) is 83.4 Å². The van der Waals surface area contributed by atoms with Crippen molar-refractivity contribution in [2.45, 2.75) is 0 Å². The van der Waals surface area contributed by atoms with E-state index in [0.29, 0.717) is 0 Å². The average molecular weight is 392 g/mol. The second-order valence-electron chi connectivity index (χ2n) is 4.90. The van der Waals surface area contributed by atoms with E-state index in [1.165, 1.54) is 8.93 Å². The molecule has 110 valence electrons. The second kappa shape index (κ2) is 7.35. The van der Waals surface area contributed by atoms with Crippen LogP contribution >= 0.6 is 23.2 Å². The average Bonchev–Trinajstić information content (AvgIpc) is 3.08. The SMILES string of the molecule is Cl/C(=C(/[Se]c1ccccc1)C1C=CC=C1)c1ccc(Cl)cc1. The third-order valence-corrected chi connectivity index (χ3v) is 6.79. The first-order valence-electron chi connectivity index (χ1n) is 6.97. The Morgan fingerprint density at radius 1 is 0.864 bits per heavy atom. The molecule has 2 aromatic carbocycles. The monoisotopic (exact) mass is 392 g/mol. The van der Waals surface area contributed by atoms with E-state index in [-0.39, 0.29) is 20.9 Å². The first-order valence-corrected chi connectivity index (χ1v) is 9.44. The van der Waals surface area contributed by atoms with Crippen LogP contribution in [0.25, 0.3) is 5.03 Å². The number of allylic oxidation sites excluding steroid dienone is 5. The van der Waals surface area contributed by atoms with Gasteiger partial charge in [-0.25, -0.2) is 0 Å². The Bertz CT molecular complexity index is 716. The summed E-state index contributed by atoms with van der Waals surface area (Å²) >= 11 is 12.9. The number of benzene rings is 2. The van der Waals surface area contributed by atoms with Gasteiger partial charge >= 0.3 is 148 Å². The van der Waals surface area contributed by atoms with Gasteiger partial charge in [-0.05, 0) is 0 Å². The molecule has 0 aliphatic heterocycles. The first-order chi connectivity index (χ1) is 10.7. The van der Waals surface area contributed by atoms with Crippen molar-refractivity contribution in [2.24, 2.45) is 5.92 Å². The Morgan fingerprint density at radius 3 is 2.14 bits per heavy atom. The molecule has 0 saturated carbocycles. The minimum absolute atomic E-state index is 0.182. The minimum atomic E-state index is 0.182. The number of rotatable bonds is 4. The second-order valence-corrected chi connectivity index (χ2v) is 8.05. The van der Waals surface area contributed by atoms with Crippen LogP contribution < -0.4 is 4.46 Å². The molecular formula is C19H14Cl2Se.